The van der Waals surface area contributed by atoms with Gasteiger partial charge in [-0.3, -0.25) is 19.9 Å². The van der Waals surface area contributed by atoms with E-state index in [9.17, 15) is 0 Å². The molecule has 1 aliphatic heterocycles. The topological polar surface area (TPSA) is 51.1 Å². The minimum Gasteiger partial charge on any atom is -0.496 e. The van der Waals surface area contributed by atoms with Crippen LogP contribution in [0.25, 0.3) is 11.3 Å². The Morgan fingerprint density at radius 1 is 1.07 bits per heavy atom. The first-order valence-electron chi connectivity index (χ1n) is 9.40. The average Bonchev–Trinajstić information content (AvgIpc) is 2.75. The Balaban J connectivity index is 1.60. The summed E-state index contributed by atoms with van der Waals surface area (Å²) in [5.74, 6) is 1.20. The lowest BCUT2D eigenvalue weighted by molar-refractivity contribution is 0.198. The maximum atomic E-state index is 5.56. The lowest BCUT2D eigenvalue weighted by atomic mass is 9.91. The molecule has 1 saturated heterocycles. The van der Waals surface area contributed by atoms with Gasteiger partial charge in [0.05, 0.1) is 18.5 Å². The highest BCUT2D eigenvalue weighted by atomic mass is 16.5. The summed E-state index contributed by atoms with van der Waals surface area (Å²) in [6, 6.07) is 12.2. The second-order valence-electron chi connectivity index (χ2n) is 6.93. The Labute approximate surface area is 160 Å². The second kappa shape index (κ2) is 8.27. The van der Waals surface area contributed by atoms with Crippen molar-refractivity contribution >= 4 is 0 Å². The number of methoxy groups -OCH3 is 1. The summed E-state index contributed by atoms with van der Waals surface area (Å²) in [5.41, 5.74) is 4.26. The fraction of sp³-hybridized carbons (Fsp3) is 0.318. The van der Waals surface area contributed by atoms with Crippen LogP contribution >= 0.6 is 0 Å². The molecule has 1 aromatic carbocycles. The zero-order chi connectivity index (χ0) is 18.5. The SMILES string of the molecule is COc1ccccc1-c1nccnc1[C@@H]1CCCN(Cc2cccnc2)C1. The molecule has 1 aliphatic rings. The number of likely N-dealkylation sites (tertiary alicyclic amines) is 1. The van der Waals surface area contributed by atoms with Crippen LogP contribution in [0.5, 0.6) is 5.75 Å². The van der Waals surface area contributed by atoms with Crippen molar-refractivity contribution in [2.45, 2.75) is 25.3 Å². The normalized spacial score (nSPS) is 17.6. The van der Waals surface area contributed by atoms with Gasteiger partial charge in [0.15, 0.2) is 0 Å². The first-order valence-corrected chi connectivity index (χ1v) is 9.40. The number of benzene rings is 1. The number of piperidine rings is 1. The van der Waals surface area contributed by atoms with E-state index >= 15 is 0 Å². The zero-order valence-corrected chi connectivity index (χ0v) is 15.6. The van der Waals surface area contributed by atoms with Crippen LogP contribution in [-0.2, 0) is 6.54 Å². The van der Waals surface area contributed by atoms with Crippen molar-refractivity contribution in [2.75, 3.05) is 20.2 Å². The van der Waals surface area contributed by atoms with Gasteiger partial charge >= 0.3 is 0 Å². The molecule has 3 aromatic rings. The van der Waals surface area contributed by atoms with Gasteiger partial charge in [0.25, 0.3) is 0 Å². The summed E-state index contributed by atoms with van der Waals surface area (Å²) in [6.45, 7) is 3.01. The Morgan fingerprint density at radius 2 is 1.96 bits per heavy atom. The molecular formula is C22H24N4O. The largest absolute Gasteiger partial charge is 0.496 e. The molecule has 0 spiro atoms. The predicted octanol–water partition coefficient (Wildman–Crippen LogP) is 3.93. The molecule has 0 aliphatic carbocycles. The summed E-state index contributed by atoms with van der Waals surface area (Å²) in [5, 5.41) is 0. The van der Waals surface area contributed by atoms with E-state index in [2.05, 4.69) is 27.0 Å². The van der Waals surface area contributed by atoms with Crippen LogP contribution < -0.4 is 4.74 Å². The summed E-state index contributed by atoms with van der Waals surface area (Å²) >= 11 is 0. The highest BCUT2D eigenvalue weighted by molar-refractivity contribution is 5.69. The van der Waals surface area contributed by atoms with Crippen LogP contribution in [0.1, 0.15) is 30.0 Å². The molecule has 0 unspecified atom stereocenters. The third kappa shape index (κ3) is 3.98. The molecule has 5 nitrogen and oxygen atoms in total. The molecule has 1 fully saturated rings. The molecule has 0 amide bonds. The van der Waals surface area contributed by atoms with Crippen molar-refractivity contribution < 1.29 is 4.74 Å². The fourth-order valence-corrected chi connectivity index (χ4v) is 3.87. The monoisotopic (exact) mass is 360 g/mol. The number of ether oxygens (including phenoxy) is 1. The maximum absolute atomic E-state index is 5.56. The molecule has 138 valence electrons. The molecule has 4 rings (SSSR count). The van der Waals surface area contributed by atoms with Crippen LogP contribution in [-0.4, -0.2) is 40.1 Å². The standard InChI is InChI=1S/C22H24N4O/c1-27-20-9-3-2-8-19(20)22-21(24-11-12-25-22)18-7-5-13-26(16-18)15-17-6-4-10-23-14-17/h2-4,6,8-12,14,18H,5,7,13,15-16H2,1H3/t18-/m1/s1. The summed E-state index contributed by atoms with van der Waals surface area (Å²) in [7, 11) is 1.70. The molecule has 0 radical (unpaired) electrons. The Kier molecular flexibility index (Phi) is 5.39. The van der Waals surface area contributed by atoms with E-state index in [0.717, 1.165) is 55.2 Å². The average molecular weight is 360 g/mol. The lowest BCUT2D eigenvalue weighted by Gasteiger charge is -2.33. The minimum absolute atomic E-state index is 0.365. The van der Waals surface area contributed by atoms with Crippen LogP contribution in [0, 0.1) is 0 Å². The van der Waals surface area contributed by atoms with Crippen molar-refractivity contribution in [1.82, 2.24) is 19.9 Å². The number of pyridine rings is 1. The van der Waals surface area contributed by atoms with Crippen LogP contribution in [0.4, 0.5) is 0 Å². The highest BCUT2D eigenvalue weighted by Gasteiger charge is 2.26. The lowest BCUT2D eigenvalue weighted by Crippen LogP contribution is -2.34. The van der Waals surface area contributed by atoms with E-state index in [1.54, 1.807) is 19.5 Å². The third-order valence-corrected chi connectivity index (χ3v) is 5.11. The number of nitrogens with zero attached hydrogens (tertiary/aromatic N) is 4. The fourth-order valence-electron chi connectivity index (χ4n) is 3.87. The summed E-state index contributed by atoms with van der Waals surface area (Å²) in [6.07, 6.45) is 9.63. The van der Waals surface area contributed by atoms with Crippen molar-refractivity contribution in [1.29, 1.82) is 0 Å². The molecule has 0 saturated carbocycles. The first kappa shape index (κ1) is 17.6. The summed E-state index contributed by atoms with van der Waals surface area (Å²) in [4.78, 5) is 16.1. The molecule has 5 heteroatoms. The summed E-state index contributed by atoms with van der Waals surface area (Å²) < 4.78 is 5.56. The van der Waals surface area contributed by atoms with Crippen molar-refractivity contribution in [3.05, 3.63) is 72.4 Å². The number of hydrogen-bond acceptors (Lipinski definition) is 5. The second-order valence-corrected chi connectivity index (χ2v) is 6.93. The van der Waals surface area contributed by atoms with Crippen molar-refractivity contribution in [3.8, 4) is 17.0 Å². The smallest absolute Gasteiger partial charge is 0.128 e. The zero-order valence-electron chi connectivity index (χ0n) is 15.6. The quantitative estimate of drug-likeness (QED) is 0.690. The van der Waals surface area contributed by atoms with Gasteiger partial charge in [0.1, 0.15) is 5.75 Å². The van der Waals surface area contributed by atoms with Crippen LogP contribution in [0.15, 0.2) is 61.2 Å². The number of para-hydroxylation sites is 1. The highest BCUT2D eigenvalue weighted by Crippen LogP contribution is 2.35. The van der Waals surface area contributed by atoms with Gasteiger partial charge in [-0.05, 0) is 43.1 Å². The van der Waals surface area contributed by atoms with E-state index in [1.807, 2.05) is 36.7 Å². The molecule has 27 heavy (non-hydrogen) atoms. The van der Waals surface area contributed by atoms with Crippen molar-refractivity contribution in [3.63, 3.8) is 0 Å². The van der Waals surface area contributed by atoms with Gasteiger partial charge in [-0.1, -0.05) is 18.2 Å². The van der Waals surface area contributed by atoms with E-state index in [1.165, 1.54) is 5.56 Å². The van der Waals surface area contributed by atoms with Crippen LogP contribution in [0.2, 0.25) is 0 Å². The Bertz CT molecular complexity index is 884. The minimum atomic E-state index is 0.365. The van der Waals surface area contributed by atoms with E-state index in [4.69, 9.17) is 9.72 Å². The van der Waals surface area contributed by atoms with E-state index in [0.29, 0.717) is 5.92 Å². The van der Waals surface area contributed by atoms with Crippen molar-refractivity contribution in [2.24, 2.45) is 0 Å². The number of aromatic nitrogens is 3. The molecule has 2 aromatic heterocycles. The number of rotatable bonds is 5. The van der Waals surface area contributed by atoms with Gasteiger partial charge in [0.2, 0.25) is 0 Å². The van der Waals surface area contributed by atoms with Gasteiger partial charge in [-0.25, -0.2) is 0 Å². The molecule has 3 heterocycles. The molecular weight excluding hydrogens is 336 g/mol. The molecule has 1 atom stereocenters. The first-order chi connectivity index (χ1) is 13.3. The molecule has 0 N–H and O–H groups in total. The third-order valence-electron chi connectivity index (χ3n) is 5.11. The Hall–Kier alpha value is -2.79. The van der Waals surface area contributed by atoms with E-state index in [-0.39, 0.29) is 0 Å². The number of hydrogen-bond donors (Lipinski definition) is 0. The maximum Gasteiger partial charge on any atom is 0.128 e. The Morgan fingerprint density at radius 3 is 2.81 bits per heavy atom. The van der Waals surface area contributed by atoms with Gasteiger partial charge < -0.3 is 4.74 Å². The molecule has 0 bridgehead atoms. The van der Waals surface area contributed by atoms with Gasteiger partial charge in [0, 0.05) is 49.4 Å². The van der Waals surface area contributed by atoms with Gasteiger partial charge in [-0.2, -0.15) is 0 Å². The van der Waals surface area contributed by atoms with Crippen LogP contribution in [0.3, 0.4) is 0 Å². The van der Waals surface area contributed by atoms with Gasteiger partial charge in [-0.15, -0.1) is 0 Å². The van der Waals surface area contributed by atoms with E-state index < -0.39 is 0 Å². The predicted molar refractivity (Wildman–Crippen MR) is 106 cm³/mol.